The Bertz CT molecular complexity index is 830. The molecule has 7 nitrogen and oxygen atoms in total. The Morgan fingerprint density at radius 2 is 2.04 bits per heavy atom. The number of nitrogens with zero attached hydrogens (tertiary/aromatic N) is 3. The number of piperazine rings is 1. The van der Waals surface area contributed by atoms with Gasteiger partial charge in [-0.1, -0.05) is 30.3 Å². The highest BCUT2D eigenvalue weighted by Crippen LogP contribution is 2.14. The van der Waals surface area contributed by atoms with Crippen LogP contribution in [0.4, 0.5) is 4.79 Å². The van der Waals surface area contributed by atoms with Crippen molar-refractivity contribution in [2.24, 2.45) is 0 Å². The van der Waals surface area contributed by atoms with E-state index in [0.29, 0.717) is 25.4 Å². The van der Waals surface area contributed by atoms with Gasteiger partial charge in [0.15, 0.2) is 5.76 Å². The number of benzene rings is 1. The molecule has 3 amide bonds. The molecule has 0 spiro atoms. The first-order chi connectivity index (χ1) is 13.0. The molecule has 0 atom stereocenters. The smallest absolute Gasteiger partial charge is 0.318 e. The summed E-state index contributed by atoms with van der Waals surface area (Å²) in [4.78, 5) is 28.1. The fraction of sp³-hybridized carbons (Fsp3) is 0.450. The van der Waals surface area contributed by atoms with Crippen LogP contribution in [0.15, 0.2) is 28.8 Å². The van der Waals surface area contributed by atoms with Gasteiger partial charge in [-0.3, -0.25) is 4.79 Å². The number of hydrogen-bond donors (Lipinski definition) is 1. The molecule has 7 heteroatoms. The molecular weight excluding hydrogens is 344 g/mol. The van der Waals surface area contributed by atoms with E-state index in [9.17, 15) is 9.59 Å². The van der Waals surface area contributed by atoms with Crippen molar-refractivity contribution in [3.05, 3.63) is 52.4 Å². The lowest BCUT2D eigenvalue weighted by Crippen LogP contribution is -2.54. The van der Waals surface area contributed by atoms with Crippen molar-refractivity contribution < 1.29 is 14.1 Å². The number of urea groups is 1. The lowest BCUT2D eigenvalue weighted by molar-refractivity contribution is -0.135. The predicted octanol–water partition coefficient (Wildman–Crippen LogP) is 2.41. The van der Waals surface area contributed by atoms with E-state index < -0.39 is 0 Å². The molecule has 0 radical (unpaired) electrons. The minimum Gasteiger partial charge on any atom is -0.359 e. The summed E-state index contributed by atoms with van der Waals surface area (Å²) in [7, 11) is 0. The molecule has 3 rings (SSSR count). The molecule has 1 aromatic carbocycles. The Morgan fingerprint density at radius 1 is 1.22 bits per heavy atom. The Kier molecular flexibility index (Phi) is 5.78. The summed E-state index contributed by atoms with van der Waals surface area (Å²) in [5.41, 5.74) is 4.43. The number of carbonyl (C=O) groups is 2. The number of hydrogen-bond acceptors (Lipinski definition) is 4. The summed E-state index contributed by atoms with van der Waals surface area (Å²) in [6.45, 7) is 8.11. The topological polar surface area (TPSA) is 78.7 Å². The lowest BCUT2D eigenvalue weighted by atomic mass is 10.1. The first kappa shape index (κ1) is 18.9. The molecule has 1 fully saturated rings. The second-order valence-corrected chi connectivity index (χ2v) is 6.95. The van der Waals surface area contributed by atoms with E-state index in [0.717, 1.165) is 17.7 Å². The molecule has 0 bridgehead atoms. The van der Waals surface area contributed by atoms with Crippen LogP contribution >= 0.6 is 0 Å². The van der Waals surface area contributed by atoms with Crippen LogP contribution < -0.4 is 5.32 Å². The standard InChI is InChI=1S/C20H26N4O3/c1-4-17-10-18(27-22-17)11-21-20(26)24-8-7-23(19(25)13-24)12-16-6-5-14(2)15(3)9-16/h5-6,9-10H,4,7-8,11-13H2,1-3H3,(H,21,26). The van der Waals surface area contributed by atoms with Crippen molar-refractivity contribution in [2.75, 3.05) is 19.6 Å². The highest BCUT2D eigenvalue weighted by atomic mass is 16.5. The van der Waals surface area contributed by atoms with E-state index in [1.807, 2.05) is 13.0 Å². The quantitative estimate of drug-likeness (QED) is 0.877. The highest BCUT2D eigenvalue weighted by Gasteiger charge is 2.27. The zero-order valence-corrected chi connectivity index (χ0v) is 16.1. The molecule has 2 aromatic rings. The van der Waals surface area contributed by atoms with Crippen LogP contribution in [0.2, 0.25) is 0 Å². The van der Waals surface area contributed by atoms with Gasteiger partial charge < -0.3 is 19.6 Å². The van der Waals surface area contributed by atoms with Crippen molar-refractivity contribution in [2.45, 2.75) is 40.3 Å². The first-order valence-electron chi connectivity index (χ1n) is 9.27. The molecule has 1 aromatic heterocycles. The van der Waals surface area contributed by atoms with Gasteiger partial charge in [-0.15, -0.1) is 0 Å². The van der Waals surface area contributed by atoms with Crippen LogP contribution in [-0.4, -0.2) is 46.5 Å². The number of aryl methyl sites for hydroxylation is 3. The number of carbonyl (C=O) groups excluding carboxylic acids is 2. The minimum absolute atomic E-state index is 0.0393. The van der Waals surface area contributed by atoms with E-state index in [2.05, 4.69) is 42.5 Å². The number of amides is 3. The molecule has 0 aliphatic carbocycles. The zero-order chi connectivity index (χ0) is 19.4. The molecule has 1 aliphatic rings. The second-order valence-electron chi connectivity index (χ2n) is 6.95. The summed E-state index contributed by atoms with van der Waals surface area (Å²) in [6.07, 6.45) is 0.786. The Morgan fingerprint density at radius 3 is 2.70 bits per heavy atom. The molecule has 144 valence electrons. The third kappa shape index (κ3) is 4.67. The van der Waals surface area contributed by atoms with E-state index in [4.69, 9.17) is 4.52 Å². The first-order valence-corrected chi connectivity index (χ1v) is 9.27. The Balaban J connectivity index is 1.50. The van der Waals surface area contributed by atoms with Crippen molar-refractivity contribution in [3.63, 3.8) is 0 Å². The normalized spacial score (nSPS) is 14.6. The van der Waals surface area contributed by atoms with Crippen molar-refractivity contribution in [1.29, 1.82) is 0 Å². The fourth-order valence-electron chi connectivity index (χ4n) is 3.05. The molecule has 0 unspecified atom stereocenters. The van der Waals surface area contributed by atoms with Crippen LogP contribution in [0, 0.1) is 13.8 Å². The lowest BCUT2D eigenvalue weighted by Gasteiger charge is -2.34. The SMILES string of the molecule is CCc1cc(CNC(=O)N2CCN(Cc3ccc(C)c(C)c3)C(=O)C2)on1. The predicted molar refractivity (Wildman–Crippen MR) is 101 cm³/mol. The maximum atomic E-state index is 12.5. The molecule has 1 aliphatic heterocycles. The third-order valence-corrected chi connectivity index (χ3v) is 4.93. The molecule has 27 heavy (non-hydrogen) atoms. The Labute approximate surface area is 159 Å². The highest BCUT2D eigenvalue weighted by molar-refractivity contribution is 5.85. The van der Waals surface area contributed by atoms with Crippen LogP contribution in [0.1, 0.15) is 35.1 Å². The summed E-state index contributed by atoms with van der Waals surface area (Å²) in [5, 5.41) is 6.69. The van der Waals surface area contributed by atoms with Crippen LogP contribution in [0.3, 0.4) is 0 Å². The minimum atomic E-state index is -0.261. The van der Waals surface area contributed by atoms with Gasteiger partial charge in [-0.05, 0) is 37.0 Å². The molecule has 1 saturated heterocycles. The monoisotopic (exact) mass is 370 g/mol. The van der Waals surface area contributed by atoms with Gasteiger partial charge in [0.1, 0.15) is 6.54 Å². The molecule has 0 saturated carbocycles. The second kappa shape index (κ2) is 8.24. The van der Waals surface area contributed by atoms with E-state index in [-0.39, 0.29) is 25.0 Å². The maximum Gasteiger partial charge on any atom is 0.318 e. The van der Waals surface area contributed by atoms with Crippen molar-refractivity contribution in [3.8, 4) is 0 Å². The van der Waals surface area contributed by atoms with Crippen LogP contribution in [0.5, 0.6) is 0 Å². The van der Waals surface area contributed by atoms with Gasteiger partial charge in [0, 0.05) is 25.7 Å². The molecule has 1 N–H and O–H groups in total. The number of nitrogens with one attached hydrogen (secondary N) is 1. The van der Waals surface area contributed by atoms with Crippen LogP contribution in [0.25, 0.3) is 0 Å². The summed E-state index contributed by atoms with van der Waals surface area (Å²) in [6, 6.07) is 7.81. The molecule has 2 heterocycles. The summed E-state index contributed by atoms with van der Waals surface area (Å²) < 4.78 is 5.16. The maximum absolute atomic E-state index is 12.5. The van der Waals surface area contributed by atoms with Gasteiger partial charge in [-0.25, -0.2) is 4.79 Å². The van der Waals surface area contributed by atoms with E-state index in [1.54, 1.807) is 4.90 Å². The van der Waals surface area contributed by atoms with Crippen molar-refractivity contribution in [1.82, 2.24) is 20.3 Å². The van der Waals surface area contributed by atoms with Crippen molar-refractivity contribution >= 4 is 11.9 Å². The zero-order valence-electron chi connectivity index (χ0n) is 16.1. The number of rotatable bonds is 5. The summed E-state index contributed by atoms with van der Waals surface area (Å²) >= 11 is 0. The average molecular weight is 370 g/mol. The fourth-order valence-corrected chi connectivity index (χ4v) is 3.05. The van der Waals surface area contributed by atoms with Crippen LogP contribution in [-0.2, 0) is 24.3 Å². The summed E-state index contributed by atoms with van der Waals surface area (Å²) in [5.74, 6) is 0.572. The third-order valence-electron chi connectivity index (χ3n) is 4.93. The largest absolute Gasteiger partial charge is 0.359 e. The van der Waals surface area contributed by atoms with E-state index in [1.165, 1.54) is 16.0 Å². The van der Waals surface area contributed by atoms with Gasteiger partial charge >= 0.3 is 6.03 Å². The van der Waals surface area contributed by atoms with Gasteiger partial charge in [0.2, 0.25) is 5.91 Å². The average Bonchev–Trinajstić information content (AvgIpc) is 3.12. The number of aromatic nitrogens is 1. The van der Waals surface area contributed by atoms with E-state index >= 15 is 0 Å². The van der Waals surface area contributed by atoms with Gasteiger partial charge in [-0.2, -0.15) is 0 Å². The van der Waals surface area contributed by atoms with Gasteiger partial charge in [0.25, 0.3) is 0 Å². The molecular formula is C20H26N4O3. The van der Waals surface area contributed by atoms with Gasteiger partial charge in [0.05, 0.1) is 12.2 Å². The Hall–Kier alpha value is -2.83.